The van der Waals surface area contributed by atoms with Crippen LogP contribution in [-0.2, 0) is 0 Å². The Morgan fingerprint density at radius 3 is 1.52 bits per heavy atom. The minimum absolute atomic E-state index is 1.08. The van der Waals surface area contributed by atoms with Gasteiger partial charge in [-0.15, -0.1) is 0 Å². The number of aromatic nitrogens is 1. The van der Waals surface area contributed by atoms with Crippen molar-refractivity contribution in [3.8, 4) is 39.1 Å². The van der Waals surface area contributed by atoms with E-state index in [0.29, 0.717) is 0 Å². The standard InChI is InChI=1S/C60H40N2/c1-4-18-41(19-5-1)42-34-36-46(37-35-42)61(57-33-17-30-53-51-28-14-15-31-56(51)62(60(53)57)55-32-16-25-43-20-10-11-26-48(43)55)47-38-39-50-49-27-12-13-29-52(49)58(44-21-6-2-7-22-44)59(54(50)40-47)45-23-8-3-9-24-45/h1-40H. The predicted molar refractivity (Wildman–Crippen MR) is 264 cm³/mol. The zero-order valence-corrected chi connectivity index (χ0v) is 34.0. The predicted octanol–water partition coefficient (Wildman–Crippen LogP) is 16.7. The number of hydrogen-bond donors (Lipinski definition) is 0. The first-order valence-electron chi connectivity index (χ1n) is 21.4. The molecule has 12 rings (SSSR count). The van der Waals surface area contributed by atoms with Crippen molar-refractivity contribution in [3.63, 3.8) is 0 Å². The lowest BCUT2D eigenvalue weighted by Crippen LogP contribution is -2.12. The summed E-state index contributed by atoms with van der Waals surface area (Å²) in [6, 6.07) is 88.6. The molecule has 2 heteroatoms. The van der Waals surface area contributed by atoms with Crippen molar-refractivity contribution >= 4 is 71.2 Å². The van der Waals surface area contributed by atoms with Crippen LogP contribution in [0.3, 0.4) is 0 Å². The van der Waals surface area contributed by atoms with Crippen LogP contribution in [0.4, 0.5) is 17.1 Å². The van der Waals surface area contributed by atoms with Gasteiger partial charge in [0.2, 0.25) is 0 Å². The second-order valence-corrected chi connectivity index (χ2v) is 16.0. The van der Waals surface area contributed by atoms with Crippen LogP contribution in [-0.4, -0.2) is 4.57 Å². The summed E-state index contributed by atoms with van der Waals surface area (Å²) >= 11 is 0. The van der Waals surface area contributed by atoms with Gasteiger partial charge in [-0.3, -0.25) is 0 Å². The molecule has 0 atom stereocenters. The Balaban J connectivity index is 1.20. The van der Waals surface area contributed by atoms with Crippen LogP contribution in [0, 0.1) is 0 Å². The van der Waals surface area contributed by atoms with Gasteiger partial charge in [-0.25, -0.2) is 0 Å². The molecule has 12 aromatic rings. The summed E-state index contributed by atoms with van der Waals surface area (Å²) in [4.78, 5) is 2.48. The molecule has 0 amide bonds. The van der Waals surface area contributed by atoms with E-state index >= 15 is 0 Å². The van der Waals surface area contributed by atoms with Crippen LogP contribution < -0.4 is 4.90 Å². The SMILES string of the molecule is c1ccc(-c2ccc(N(c3ccc4c(c3)c(-c3ccccc3)c(-c3ccccc3)c3ccccc34)c3cccc4c5ccccc5n(-c5cccc6ccccc56)c34)cc2)cc1. The molecule has 0 radical (unpaired) electrons. The highest BCUT2D eigenvalue weighted by Crippen LogP contribution is 2.49. The van der Waals surface area contributed by atoms with E-state index in [0.717, 1.165) is 28.3 Å². The van der Waals surface area contributed by atoms with E-state index in [4.69, 9.17) is 0 Å². The molecule has 0 aliphatic rings. The van der Waals surface area contributed by atoms with E-state index in [9.17, 15) is 0 Å². The summed E-state index contributed by atoms with van der Waals surface area (Å²) in [6.07, 6.45) is 0. The third-order valence-corrected chi connectivity index (χ3v) is 12.5. The molecule has 0 aliphatic heterocycles. The Morgan fingerprint density at radius 1 is 0.290 bits per heavy atom. The Morgan fingerprint density at radius 2 is 0.790 bits per heavy atom. The summed E-state index contributed by atoms with van der Waals surface area (Å²) in [7, 11) is 0. The van der Waals surface area contributed by atoms with Gasteiger partial charge in [0.15, 0.2) is 0 Å². The van der Waals surface area contributed by atoms with Gasteiger partial charge >= 0.3 is 0 Å². The normalized spacial score (nSPS) is 11.5. The Labute approximate surface area is 360 Å². The molecular weight excluding hydrogens is 749 g/mol. The molecular formula is C60H40N2. The molecule has 0 spiro atoms. The zero-order valence-electron chi connectivity index (χ0n) is 34.0. The molecule has 0 N–H and O–H groups in total. The van der Waals surface area contributed by atoms with E-state index in [1.165, 1.54) is 82.0 Å². The first-order chi connectivity index (χ1) is 30.8. The molecule has 0 unspecified atom stereocenters. The highest BCUT2D eigenvalue weighted by Gasteiger charge is 2.24. The molecule has 62 heavy (non-hydrogen) atoms. The lowest BCUT2D eigenvalue weighted by Gasteiger charge is -2.28. The molecule has 11 aromatic carbocycles. The van der Waals surface area contributed by atoms with Crippen molar-refractivity contribution in [1.29, 1.82) is 0 Å². The zero-order chi connectivity index (χ0) is 41.0. The molecule has 0 fully saturated rings. The van der Waals surface area contributed by atoms with Crippen molar-refractivity contribution in [2.24, 2.45) is 0 Å². The van der Waals surface area contributed by atoms with Gasteiger partial charge < -0.3 is 9.47 Å². The van der Waals surface area contributed by atoms with Crippen LogP contribution in [0.2, 0.25) is 0 Å². The highest BCUT2D eigenvalue weighted by atomic mass is 15.2. The maximum Gasteiger partial charge on any atom is 0.0782 e. The van der Waals surface area contributed by atoms with Crippen LogP contribution >= 0.6 is 0 Å². The quantitative estimate of drug-likeness (QED) is 0.146. The summed E-state index contributed by atoms with van der Waals surface area (Å²) < 4.78 is 2.49. The second-order valence-electron chi connectivity index (χ2n) is 16.0. The lowest BCUT2D eigenvalue weighted by molar-refractivity contribution is 1.18. The molecule has 0 bridgehead atoms. The number of benzene rings is 11. The summed E-state index contributed by atoms with van der Waals surface area (Å²) in [6.45, 7) is 0. The van der Waals surface area contributed by atoms with Crippen molar-refractivity contribution in [2.75, 3.05) is 4.90 Å². The monoisotopic (exact) mass is 788 g/mol. The van der Waals surface area contributed by atoms with Gasteiger partial charge in [0.1, 0.15) is 0 Å². The number of fused-ring (bicyclic) bond motifs is 7. The molecule has 1 aromatic heterocycles. The largest absolute Gasteiger partial charge is 0.308 e. The second kappa shape index (κ2) is 14.8. The fraction of sp³-hybridized carbons (Fsp3) is 0. The summed E-state index contributed by atoms with van der Waals surface area (Å²) in [5.41, 5.74) is 14.0. The average Bonchev–Trinajstić information content (AvgIpc) is 3.69. The highest BCUT2D eigenvalue weighted by molar-refractivity contribution is 6.22. The van der Waals surface area contributed by atoms with E-state index in [2.05, 4.69) is 252 Å². The smallest absolute Gasteiger partial charge is 0.0782 e. The van der Waals surface area contributed by atoms with Crippen molar-refractivity contribution in [2.45, 2.75) is 0 Å². The van der Waals surface area contributed by atoms with Crippen LogP contribution in [0.5, 0.6) is 0 Å². The minimum Gasteiger partial charge on any atom is -0.308 e. The number of anilines is 3. The fourth-order valence-electron chi connectivity index (χ4n) is 9.82. The Bertz CT molecular complexity index is 3600. The van der Waals surface area contributed by atoms with Crippen LogP contribution in [0.1, 0.15) is 0 Å². The molecule has 0 aliphatic carbocycles. The summed E-state index contributed by atoms with van der Waals surface area (Å²) in [5, 5.41) is 9.78. The van der Waals surface area contributed by atoms with E-state index < -0.39 is 0 Å². The first-order valence-corrected chi connectivity index (χ1v) is 21.4. The van der Waals surface area contributed by atoms with Crippen LogP contribution in [0.25, 0.3) is 93.2 Å². The van der Waals surface area contributed by atoms with Crippen LogP contribution in [0.15, 0.2) is 243 Å². The number of hydrogen-bond acceptors (Lipinski definition) is 1. The van der Waals surface area contributed by atoms with E-state index in [1.54, 1.807) is 0 Å². The maximum absolute atomic E-state index is 2.49. The molecule has 0 saturated heterocycles. The molecule has 1 heterocycles. The Kier molecular flexibility index (Phi) is 8.53. The van der Waals surface area contributed by atoms with Gasteiger partial charge in [-0.2, -0.15) is 0 Å². The maximum atomic E-state index is 2.49. The molecule has 2 nitrogen and oxygen atoms in total. The average molecular weight is 789 g/mol. The van der Waals surface area contributed by atoms with Gasteiger partial charge in [0.05, 0.1) is 22.4 Å². The van der Waals surface area contributed by atoms with Gasteiger partial charge in [-0.1, -0.05) is 200 Å². The minimum atomic E-state index is 1.08. The number of para-hydroxylation sites is 2. The van der Waals surface area contributed by atoms with E-state index in [-0.39, 0.29) is 0 Å². The molecule has 290 valence electrons. The Hall–Kier alpha value is -8.20. The topological polar surface area (TPSA) is 8.17 Å². The van der Waals surface area contributed by atoms with E-state index in [1.807, 2.05) is 0 Å². The number of rotatable bonds is 7. The molecule has 0 saturated carbocycles. The van der Waals surface area contributed by atoms with Gasteiger partial charge in [0.25, 0.3) is 0 Å². The first kappa shape index (κ1) is 35.7. The van der Waals surface area contributed by atoms with Crippen molar-refractivity contribution in [3.05, 3.63) is 243 Å². The summed E-state index contributed by atoms with van der Waals surface area (Å²) in [5.74, 6) is 0. The van der Waals surface area contributed by atoms with Crippen molar-refractivity contribution < 1.29 is 0 Å². The third kappa shape index (κ3) is 5.80. The van der Waals surface area contributed by atoms with Crippen molar-refractivity contribution in [1.82, 2.24) is 4.57 Å². The fourth-order valence-corrected chi connectivity index (χ4v) is 9.82. The number of nitrogens with zero attached hydrogens (tertiary/aromatic N) is 2. The third-order valence-electron chi connectivity index (χ3n) is 12.5. The van der Waals surface area contributed by atoms with Gasteiger partial charge in [0, 0.05) is 27.5 Å². The van der Waals surface area contributed by atoms with Gasteiger partial charge in [-0.05, 0) is 103 Å². The lowest BCUT2D eigenvalue weighted by atomic mass is 9.85.